The second-order valence-corrected chi connectivity index (χ2v) is 3.32. The fraction of sp³-hybridized carbons (Fsp3) is 0.857. The summed E-state index contributed by atoms with van der Waals surface area (Å²) in [5, 5.41) is 0. The highest BCUT2D eigenvalue weighted by atomic mass is 16.2. The van der Waals surface area contributed by atoms with E-state index in [1.807, 2.05) is 6.92 Å². The summed E-state index contributed by atoms with van der Waals surface area (Å²) in [6.45, 7) is 3.56. The second-order valence-electron chi connectivity index (χ2n) is 3.32. The van der Waals surface area contributed by atoms with E-state index in [2.05, 4.69) is 0 Å². The number of nitrogens with two attached hydrogens (primary N) is 2. The normalized spacial score (nSPS) is 21.1. The summed E-state index contributed by atoms with van der Waals surface area (Å²) in [7, 11) is 0. The van der Waals surface area contributed by atoms with Gasteiger partial charge in [-0.15, -0.1) is 0 Å². The molecule has 0 aliphatic carbocycles. The first kappa shape index (κ1) is 8.33. The molecule has 4 heteroatoms. The van der Waals surface area contributed by atoms with Crippen LogP contribution in [-0.2, 0) is 0 Å². The molecule has 1 heterocycles. The highest BCUT2D eigenvalue weighted by molar-refractivity contribution is 5.72. The van der Waals surface area contributed by atoms with Crippen molar-refractivity contribution in [2.45, 2.75) is 19.4 Å². The van der Waals surface area contributed by atoms with Gasteiger partial charge in [-0.1, -0.05) is 0 Å². The number of likely N-dealkylation sites (tertiary alicyclic amines) is 1. The van der Waals surface area contributed by atoms with Crippen LogP contribution in [0.25, 0.3) is 0 Å². The Labute approximate surface area is 66.5 Å². The number of primary amides is 1. The van der Waals surface area contributed by atoms with Gasteiger partial charge in [0.1, 0.15) is 0 Å². The summed E-state index contributed by atoms with van der Waals surface area (Å²) in [5.74, 6) is 0.572. The SMILES string of the molecule is CC(N)CC1CN(C(N)=O)C1. The van der Waals surface area contributed by atoms with Gasteiger partial charge in [0, 0.05) is 19.1 Å². The van der Waals surface area contributed by atoms with Crippen molar-refractivity contribution in [3.05, 3.63) is 0 Å². The quantitative estimate of drug-likeness (QED) is 0.579. The third kappa shape index (κ3) is 2.08. The van der Waals surface area contributed by atoms with Crippen LogP contribution in [0.5, 0.6) is 0 Å². The Bertz CT molecular complexity index is 152. The minimum Gasteiger partial charge on any atom is -0.351 e. The molecule has 64 valence electrons. The van der Waals surface area contributed by atoms with Crippen molar-refractivity contribution >= 4 is 6.03 Å². The lowest BCUT2D eigenvalue weighted by Gasteiger charge is -2.38. The summed E-state index contributed by atoms with van der Waals surface area (Å²) in [4.78, 5) is 12.2. The predicted octanol–water partition coefficient (Wildman–Crippen LogP) is -0.266. The molecule has 0 aromatic rings. The van der Waals surface area contributed by atoms with E-state index >= 15 is 0 Å². The number of carbonyl (C=O) groups excluding carboxylic acids is 1. The van der Waals surface area contributed by atoms with Crippen LogP contribution >= 0.6 is 0 Å². The fourth-order valence-electron chi connectivity index (χ4n) is 1.42. The molecule has 1 aliphatic rings. The molecule has 1 aliphatic heterocycles. The van der Waals surface area contributed by atoms with Crippen molar-refractivity contribution in [2.75, 3.05) is 13.1 Å². The minimum absolute atomic E-state index is 0.232. The van der Waals surface area contributed by atoms with Gasteiger partial charge in [-0.05, 0) is 19.3 Å². The van der Waals surface area contributed by atoms with Gasteiger partial charge < -0.3 is 16.4 Å². The smallest absolute Gasteiger partial charge is 0.314 e. The number of rotatable bonds is 2. The Hall–Kier alpha value is -0.770. The molecular formula is C7H15N3O. The number of hydrogen-bond donors (Lipinski definition) is 2. The standard InChI is InChI=1S/C7H15N3O/c1-5(8)2-6-3-10(4-6)7(9)11/h5-6H,2-4,8H2,1H3,(H2,9,11). The summed E-state index contributed by atoms with van der Waals surface area (Å²) >= 11 is 0. The van der Waals surface area contributed by atoms with Gasteiger partial charge in [0.05, 0.1) is 0 Å². The molecule has 1 fully saturated rings. The Balaban J connectivity index is 2.14. The first-order valence-corrected chi connectivity index (χ1v) is 3.89. The van der Waals surface area contributed by atoms with Crippen LogP contribution in [0.15, 0.2) is 0 Å². The molecule has 4 N–H and O–H groups in total. The van der Waals surface area contributed by atoms with Crippen LogP contribution < -0.4 is 11.5 Å². The van der Waals surface area contributed by atoms with Crippen LogP contribution in [0.2, 0.25) is 0 Å². The molecule has 2 amide bonds. The summed E-state index contributed by atoms with van der Waals surface area (Å²) in [6, 6.07) is -0.0825. The Kier molecular flexibility index (Phi) is 2.34. The van der Waals surface area contributed by atoms with E-state index in [-0.39, 0.29) is 12.1 Å². The topological polar surface area (TPSA) is 72.3 Å². The van der Waals surface area contributed by atoms with Crippen LogP contribution in [0.3, 0.4) is 0 Å². The van der Waals surface area contributed by atoms with Gasteiger partial charge in [0.15, 0.2) is 0 Å². The first-order valence-electron chi connectivity index (χ1n) is 3.89. The van der Waals surface area contributed by atoms with Crippen LogP contribution in [-0.4, -0.2) is 30.1 Å². The zero-order chi connectivity index (χ0) is 8.43. The average molecular weight is 157 g/mol. The van der Waals surface area contributed by atoms with E-state index in [4.69, 9.17) is 11.5 Å². The Morgan fingerprint density at radius 2 is 2.27 bits per heavy atom. The van der Waals surface area contributed by atoms with Crippen molar-refractivity contribution in [1.29, 1.82) is 0 Å². The molecular weight excluding hydrogens is 142 g/mol. The molecule has 1 rings (SSSR count). The molecule has 0 radical (unpaired) electrons. The monoisotopic (exact) mass is 157 g/mol. The van der Waals surface area contributed by atoms with Crippen LogP contribution in [0, 0.1) is 5.92 Å². The van der Waals surface area contributed by atoms with E-state index in [0.717, 1.165) is 19.5 Å². The average Bonchev–Trinajstić information content (AvgIpc) is 1.75. The van der Waals surface area contributed by atoms with E-state index in [0.29, 0.717) is 5.92 Å². The summed E-state index contributed by atoms with van der Waals surface area (Å²) in [5.41, 5.74) is 10.6. The summed E-state index contributed by atoms with van der Waals surface area (Å²) in [6.07, 6.45) is 0.990. The van der Waals surface area contributed by atoms with Gasteiger partial charge >= 0.3 is 6.03 Å². The molecule has 0 spiro atoms. The van der Waals surface area contributed by atoms with Crippen molar-refractivity contribution in [2.24, 2.45) is 17.4 Å². The molecule has 4 nitrogen and oxygen atoms in total. The van der Waals surface area contributed by atoms with E-state index in [1.165, 1.54) is 0 Å². The molecule has 1 saturated heterocycles. The second kappa shape index (κ2) is 3.09. The van der Waals surface area contributed by atoms with Crippen molar-refractivity contribution < 1.29 is 4.79 Å². The number of nitrogens with zero attached hydrogens (tertiary/aromatic N) is 1. The third-order valence-corrected chi connectivity index (χ3v) is 1.97. The maximum Gasteiger partial charge on any atom is 0.314 e. The van der Waals surface area contributed by atoms with Gasteiger partial charge in [0.2, 0.25) is 0 Å². The van der Waals surface area contributed by atoms with Gasteiger partial charge in [-0.3, -0.25) is 0 Å². The highest BCUT2D eigenvalue weighted by Crippen LogP contribution is 2.19. The van der Waals surface area contributed by atoms with E-state index in [9.17, 15) is 4.79 Å². The van der Waals surface area contributed by atoms with Crippen LogP contribution in [0.4, 0.5) is 4.79 Å². The molecule has 0 aromatic heterocycles. The largest absolute Gasteiger partial charge is 0.351 e. The fourth-order valence-corrected chi connectivity index (χ4v) is 1.42. The predicted molar refractivity (Wildman–Crippen MR) is 42.9 cm³/mol. The highest BCUT2D eigenvalue weighted by Gasteiger charge is 2.29. The Morgan fingerprint density at radius 1 is 1.73 bits per heavy atom. The molecule has 11 heavy (non-hydrogen) atoms. The Morgan fingerprint density at radius 3 is 2.64 bits per heavy atom. The molecule has 1 atom stereocenters. The van der Waals surface area contributed by atoms with Crippen molar-refractivity contribution in [3.63, 3.8) is 0 Å². The minimum atomic E-state index is -0.314. The zero-order valence-corrected chi connectivity index (χ0v) is 6.79. The number of hydrogen-bond acceptors (Lipinski definition) is 2. The molecule has 0 saturated carbocycles. The summed E-state index contributed by atoms with van der Waals surface area (Å²) < 4.78 is 0. The van der Waals surface area contributed by atoms with Crippen molar-refractivity contribution in [1.82, 2.24) is 4.90 Å². The zero-order valence-electron chi connectivity index (χ0n) is 6.79. The lowest BCUT2D eigenvalue weighted by atomic mass is 9.94. The number of amides is 2. The van der Waals surface area contributed by atoms with E-state index < -0.39 is 0 Å². The van der Waals surface area contributed by atoms with Gasteiger partial charge in [-0.2, -0.15) is 0 Å². The maximum absolute atomic E-state index is 10.5. The van der Waals surface area contributed by atoms with Crippen molar-refractivity contribution in [3.8, 4) is 0 Å². The maximum atomic E-state index is 10.5. The lowest BCUT2D eigenvalue weighted by Crippen LogP contribution is -2.53. The third-order valence-electron chi connectivity index (χ3n) is 1.97. The van der Waals surface area contributed by atoms with Gasteiger partial charge in [0.25, 0.3) is 0 Å². The lowest BCUT2D eigenvalue weighted by molar-refractivity contribution is 0.119. The molecule has 1 unspecified atom stereocenters. The van der Waals surface area contributed by atoms with Gasteiger partial charge in [-0.25, -0.2) is 4.79 Å². The van der Waals surface area contributed by atoms with Crippen LogP contribution in [0.1, 0.15) is 13.3 Å². The number of carbonyl (C=O) groups is 1. The van der Waals surface area contributed by atoms with E-state index in [1.54, 1.807) is 4.90 Å². The molecule has 0 bridgehead atoms. The number of urea groups is 1. The first-order chi connectivity index (χ1) is 5.09. The molecule has 0 aromatic carbocycles.